The van der Waals surface area contributed by atoms with Gasteiger partial charge < -0.3 is 10.0 Å². The number of nitrogens with zero attached hydrogens (tertiary/aromatic N) is 1. The van der Waals surface area contributed by atoms with Crippen LogP contribution in [0.1, 0.15) is 43.2 Å². The molecule has 1 unspecified atom stereocenters. The quantitative estimate of drug-likeness (QED) is 0.479. The highest BCUT2D eigenvalue weighted by Gasteiger charge is 2.39. The number of amides is 1. The summed E-state index contributed by atoms with van der Waals surface area (Å²) in [4.78, 5) is 27.2. The molecule has 1 saturated heterocycles. The van der Waals surface area contributed by atoms with Crippen molar-refractivity contribution in [3.05, 3.63) is 95.0 Å². The molecular formula is C28H28ClNO3. The fourth-order valence-electron chi connectivity index (χ4n) is 4.62. The molecule has 0 aromatic heterocycles. The Kier molecular flexibility index (Phi) is 6.85. The van der Waals surface area contributed by atoms with Gasteiger partial charge in [-0.1, -0.05) is 84.4 Å². The maximum atomic E-state index is 13.1. The molecule has 0 spiro atoms. The van der Waals surface area contributed by atoms with E-state index in [1.165, 1.54) is 5.56 Å². The van der Waals surface area contributed by atoms with E-state index in [9.17, 15) is 14.7 Å². The third kappa shape index (κ3) is 4.96. The Hall–Kier alpha value is -3.11. The highest BCUT2D eigenvalue weighted by Crippen LogP contribution is 2.34. The number of rotatable bonds is 6. The van der Waals surface area contributed by atoms with E-state index in [0.29, 0.717) is 29.6 Å². The lowest BCUT2D eigenvalue weighted by Gasteiger charge is -2.34. The topological polar surface area (TPSA) is 57.6 Å². The van der Waals surface area contributed by atoms with Gasteiger partial charge in [-0.05, 0) is 48.4 Å². The van der Waals surface area contributed by atoms with Crippen LogP contribution in [0.25, 0.3) is 11.1 Å². The predicted octanol–water partition coefficient (Wildman–Crippen LogP) is 6.15. The van der Waals surface area contributed by atoms with Crippen LogP contribution in [0.4, 0.5) is 0 Å². The molecular weight excluding hydrogens is 434 g/mol. The standard InChI is InChI=1S/C28H28ClNO3/c1-28(27(32)33,23-13-11-22(12-14-23)24-9-5-6-10-25(24)29)19-26(31)30-17-15-21(16-18-30)20-7-3-2-4-8-20/h2-14,21H,15-19H2,1H3,(H,32,33). The molecule has 1 aliphatic rings. The molecule has 4 rings (SSSR count). The summed E-state index contributed by atoms with van der Waals surface area (Å²) in [6.07, 6.45) is 1.72. The van der Waals surface area contributed by atoms with Crippen molar-refractivity contribution in [1.82, 2.24) is 4.90 Å². The Labute approximate surface area is 199 Å². The van der Waals surface area contributed by atoms with Crippen LogP contribution in [-0.2, 0) is 15.0 Å². The second-order valence-electron chi connectivity index (χ2n) is 8.94. The van der Waals surface area contributed by atoms with Crippen molar-refractivity contribution in [2.24, 2.45) is 0 Å². The summed E-state index contributed by atoms with van der Waals surface area (Å²) in [5.74, 6) is -0.666. The summed E-state index contributed by atoms with van der Waals surface area (Å²) in [5.41, 5.74) is 2.41. The van der Waals surface area contributed by atoms with Gasteiger partial charge >= 0.3 is 5.97 Å². The maximum Gasteiger partial charge on any atom is 0.314 e. The molecule has 1 heterocycles. The van der Waals surface area contributed by atoms with Gasteiger partial charge in [-0.3, -0.25) is 9.59 Å². The summed E-state index contributed by atoms with van der Waals surface area (Å²) < 4.78 is 0. The molecule has 3 aromatic carbocycles. The van der Waals surface area contributed by atoms with Gasteiger partial charge in [0, 0.05) is 30.1 Å². The lowest BCUT2D eigenvalue weighted by atomic mass is 9.78. The van der Waals surface area contributed by atoms with Gasteiger partial charge in [0.2, 0.25) is 5.91 Å². The molecule has 0 saturated carbocycles. The van der Waals surface area contributed by atoms with E-state index < -0.39 is 11.4 Å². The summed E-state index contributed by atoms with van der Waals surface area (Å²) in [6, 6.07) is 25.2. The molecule has 170 valence electrons. The van der Waals surface area contributed by atoms with Crippen LogP contribution < -0.4 is 0 Å². The first-order valence-electron chi connectivity index (χ1n) is 11.3. The first-order valence-corrected chi connectivity index (χ1v) is 11.7. The highest BCUT2D eigenvalue weighted by molar-refractivity contribution is 6.33. The Morgan fingerprint density at radius 3 is 2.15 bits per heavy atom. The van der Waals surface area contributed by atoms with Crippen LogP contribution in [0.5, 0.6) is 0 Å². The van der Waals surface area contributed by atoms with Crippen LogP contribution in [0.3, 0.4) is 0 Å². The van der Waals surface area contributed by atoms with Gasteiger partial charge in [-0.25, -0.2) is 0 Å². The van der Waals surface area contributed by atoms with E-state index in [-0.39, 0.29) is 12.3 Å². The number of hydrogen-bond donors (Lipinski definition) is 1. The number of piperidine rings is 1. The normalized spacial score (nSPS) is 16.2. The van der Waals surface area contributed by atoms with E-state index in [2.05, 4.69) is 12.1 Å². The fraction of sp³-hybridized carbons (Fsp3) is 0.286. The Balaban J connectivity index is 1.46. The number of hydrogen-bond acceptors (Lipinski definition) is 2. The summed E-state index contributed by atoms with van der Waals surface area (Å²) in [5, 5.41) is 10.7. The zero-order chi connectivity index (χ0) is 23.4. The van der Waals surface area contributed by atoms with Gasteiger partial charge in [0.05, 0.1) is 5.41 Å². The van der Waals surface area contributed by atoms with Crippen LogP contribution in [0.15, 0.2) is 78.9 Å². The first-order chi connectivity index (χ1) is 15.9. The molecule has 1 fully saturated rings. The van der Waals surface area contributed by atoms with E-state index in [1.54, 1.807) is 19.1 Å². The van der Waals surface area contributed by atoms with Crippen molar-refractivity contribution in [1.29, 1.82) is 0 Å². The Morgan fingerprint density at radius 1 is 0.939 bits per heavy atom. The summed E-state index contributed by atoms with van der Waals surface area (Å²) in [7, 11) is 0. The smallest absolute Gasteiger partial charge is 0.314 e. The Bertz CT molecular complexity index is 1120. The number of halogens is 1. The van der Waals surface area contributed by atoms with Crippen LogP contribution in [0, 0.1) is 0 Å². The largest absolute Gasteiger partial charge is 0.481 e. The third-order valence-electron chi connectivity index (χ3n) is 6.80. The van der Waals surface area contributed by atoms with Crippen molar-refractivity contribution in [2.75, 3.05) is 13.1 Å². The summed E-state index contributed by atoms with van der Waals surface area (Å²) in [6.45, 7) is 2.94. The van der Waals surface area contributed by atoms with Crippen molar-refractivity contribution < 1.29 is 14.7 Å². The molecule has 5 heteroatoms. The molecule has 1 atom stereocenters. The second-order valence-corrected chi connectivity index (χ2v) is 9.34. The lowest BCUT2D eigenvalue weighted by molar-refractivity contribution is -0.147. The molecule has 1 amide bonds. The van der Waals surface area contributed by atoms with E-state index in [0.717, 1.165) is 24.0 Å². The van der Waals surface area contributed by atoms with Crippen LogP contribution >= 0.6 is 11.6 Å². The molecule has 0 radical (unpaired) electrons. The average molecular weight is 462 g/mol. The number of carbonyl (C=O) groups is 2. The zero-order valence-electron chi connectivity index (χ0n) is 18.7. The van der Waals surface area contributed by atoms with Gasteiger partial charge in [-0.15, -0.1) is 0 Å². The molecule has 4 nitrogen and oxygen atoms in total. The lowest BCUT2D eigenvalue weighted by Crippen LogP contribution is -2.43. The van der Waals surface area contributed by atoms with Gasteiger partial charge in [-0.2, -0.15) is 0 Å². The van der Waals surface area contributed by atoms with E-state index >= 15 is 0 Å². The number of carboxylic acid groups (broad SMARTS) is 1. The fourth-order valence-corrected chi connectivity index (χ4v) is 4.86. The molecule has 33 heavy (non-hydrogen) atoms. The van der Waals surface area contributed by atoms with E-state index in [4.69, 9.17) is 11.6 Å². The first kappa shape index (κ1) is 23.1. The number of carbonyl (C=O) groups excluding carboxylic acids is 1. The maximum absolute atomic E-state index is 13.1. The minimum atomic E-state index is -1.30. The molecule has 0 aliphatic carbocycles. The van der Waals surface area contributed by atoms with Gasteiger partial charge in [0.15, 0.2) is 0 Å². The molecule has 0 bridgehead atoms. The Morgan fingerprint density at radius 2 is 1.55 bits per heavy atom. The SMILES string of the molecule is CC(CC(=O)N1CCC(c2ccccc2)CC1)(C(=O)O)c1ccc(-c2ccccc2Cl)cc1. The van der Waals surface area contributed by atoms with Crippen molar-refractivity contribution in [2.45, 2.75) is 37.5 Å². The van der Waals surface area contributed by atoms with Crippen LogP contribution in [0.2, 0.25) is 5.02 Å². The van der Waals surface area contributed by atoms with Crippen molar-refractivity contribution in [3.63, 3.8) is 0 Å². The number of carboxylic acids is 1. The monoisotopic (exact) mass is 461 g/mol. The second kappa shape index (κ2) is 9.80. The van der Waals surface area contributed by atoms with Crippen molar-refractivity contribution >= 4 is 23.5 Å². The number of benzene rings is 3. The minimum Gasteiger partial charge on any atom is -0.481 e. The van der Waals surface area contributed by atoms with Crippen molar-refractivity contribution in [3.8, 4) is 11.1 Å². The number of aliphatic carboxylic acids is 1. The molecule has 3 aromatic rings. The highest BCUT2D eigenvalue weighted by atomic mass is 35.5. The molecule has 1 N–H and O–H groups in total. The van der Waals surface area contributed by atoms with Gasteiger partial charge in [0.1, 0.15) is 0 Å². The number of likely N-dealkylation sites (tertiary alicyclic amines) is 1. The summed E-state index contributed by atoms with van der Waals surface area (Å²) >= 11 is 6.30. The zero-order valence-corrected chi connectivity index (χ0v) is 19.5. The molecule has 1 aliphatic heterocycles. The third-order valence-corrected chi connectivity index (χ3v) is 7.13. The van der Waals surface area contributed by atoms with Gasteiger partial charge in [0.25, 0.3) is 0 Å². The van der Waals surface area contributed by atoms with E-state index in [1.807, 2.05) is 59.5 Å². The average Bonchev–Trinajstić information content (AvgIpc) is 2.85. The van der Waals surface area contributed by atoms with Crippen LogP contribution in [-0.4, -0.2) is 35.0 Å². The minimum absolute atomic E-state index is 0.0657. The predicted molar refractivity (Wildman–Crippen MR) is 131 cm³/mol.